The Bertz CT molecular complexity index is 445. The maximum Gasteiger partial charge on any atom is 0.252 e. The van der Waals surface area contributed by atoms with Crippen LogP contribution in [-0.2, 0) is 0 Å². The Morgan fingerprint density at radius 2 is 2.11 bits per heavy atom. The maximum atomic E-state index is 11.3. The highest BCUT2D eigenvalue weighted by molar-refractivity contribution is 6.29. The molecule has 98 valence electrons. The van der Waals surface area contributed by atoms with E-state index in [9.17, 15) is 9.90 Å². The first-order chi connectivity index (χ1) is 8.56. The van der Waals surface area contributed by atoms with E-state index in [2.05, 4.69) is 10.3 Å². The van der Waals surface area contributed by atoms with Gasteiger partial charge in [0.1, 0.15) is 5.15 Å². The van der Waals surface area contributed by atoms with E-state index in [0.717, 1.165) is 25.7 Å². The first kappa shape index (κ1) is 13.1. The molecule has 0 bridgehead atoms. The zero-order valence-corrected chi connectivity index (χ0v) is 10.7. The molecule has 0 radical (unpaired) electrons. The quantitative estimate of drug-likeness (QED) is 0.727. The first-order valence-electron chi connectivity index (χ1n) is 5.96. The number of hydrogen-bond acceptors (Lipinski definition) is 4. The molecule has 0 unspecified atom stereocenters. The molecule has 1 aliphatic rings. The number of primary amides is 1. The lowest BCUT2D eigenvalue weighted by Crippen LogP contribution is -2.29. The molecule has 1 fully saturated rings. The Hall–Kier alpha value is -1.33. The smallest absolute Gasteiger partial charge is 0.252 e. The Labute approximate surface area is 110 Å². The number of nitrogens with zero attached hydrogens (tertiary/aromatic N) is 1. The van der Waals surface area contributed by atoms with Crippen molar-refractivity contribution in [3.05, 3.63) is 23.0 Å². The molecule has 1 heterocycles. The van der Waals surface area contributed by atoms with E-state index in [0.29, 0.717) is 16.4 Å². The average molecular weight is 270 g/mol. The van der Waals surface area contributed by atoms with Crippen LogP contribution in [-0.4, -0.2) is 28.1 Å². The molecule has 1 aromatic heterocycles. The number of aliphatic hydroxyl groups excluding tert-OH is 1. The number of aromatic nitrogens is 1. The van der Waals surface area contributed by atoms with Crippen LogP contribution in [0, 0.1) is 0 Å². The number of nitrogens with one attached hydrogen (secondary N) is 1. The Morgan fingerprint density at radius 3 is 2.72 bits per heavy atom. The number of hydrogen-bond donors (Lipinski definition) is 3. The van der Waals surface area contributed by atoms with Gasteiger partial charge in [-0.2, -0.15) is 0 Å². The van der Waals surface area contributed by atoms with Gasteiger partial charge in [0.05, 0.1) is 17.4 Å². The summed E-state index contributed by atoms with van der Waals surface area (Å²) in [6, 6.07) is 1.83. The van der Waals surface area contributed by atoms with Crippen LogP contribution >= 0.6 is 11.6 Å². The average Bonchev–Trinajstić information content (AvgIpc) is 2.32. The molecule has 4 N–H and O–H groups in total. The molecule has 0 spiro atoms. The first-order valence-corrected chi connectivity index (χ1v) is 6.34. The molecule has 0 aromatic carbocycles. The second-order valence-corrected chi connectivity index (χ2v) is 4.95. The fourth-order valence-electron chi connectivity index (χ4n) is 2.19. The van der Waals surface area contributed by atoms with E-state index >= 15 is 0 Å². The lowest BCUT2D eigenvalue weighted by molar-refractivity contribution is 0.1000. The summed E-state index contributed by atoms with van der Waals surface area (Å²) in [5, 5.41) is 13.0. The van der Waals surface area contributed by atoms with Gasteiger partial charge in [-0.1, -0.05) is 11.6 Å². The predicted molar refractivity (Wildman–Crippen MR) is 69.7 cm³/mol. The van der Waals surface area contributed by atoms with Crippen molar-refractivity contribution in [1.29, 1.82) is 0 Å². The lowest BCUT2D eigenvalue weighted by atomic mass is 9.93. The van der Waals surface area contributed by atoms with Gasteiger partial charge in [0.15, 0.2) is 0 Å². The Balaban J connectivity index is 2.12. The van der Waals surface area contributed by atoms with E-state index in [1.165, 1.54) is 6.20 Å². The van der Waals surface area contributed by atoms with Crippen molar-refractivity contribution in [2.45, 2.75) is 37.8 Å². The third kappa shape index (κ3) is 3.11. The SMILES string of the molecule is NC(=O)c1cnc(Cl)cc1N[C@H]1CC[C@H](O)CC1. The monoisotopic (exact) mass is 269 g/mol. The molecule has 0 atom stereocenters. The molecule has 18 heavy (non-hydrogen) atoms. The highest BCUT2D eigenvalue weighted by Crippen LogP contribution is 2.25. The number of aliphatic hydroxyl groups is 1. The summed E-state index contributed by atoms with van der Waals surface area (Å²) in [6.07, 6.45) is 4.42. The molecule has 1 amide bonds. The van der Waals surface area contributed by atoms with E-state index in [-0.39, 0.29) is 12.1 Å². The molecule has 1 saturated carbocycles. The number of nitrogens with two attached hydrogens (primary N) is 1. The second-order valence-electron chi connectivity index (χ2n) is 4.57. The molecule has 2 rings (SSSR count). The summed E-state index contributed by atoms with van der Waals surface area (Å²) in [5.41, 5.74) is 6.24. The number of pyridine rings is 1. The minimum atomic E-state index is -0.530. The largest absolute Gasteiger partial charge is 0.393 e. The van der Waals surface area contributed by atoms with E-state index in [1.54, 1.807) is 6.07 Å². The van der Waals surface area contributed by atoms with Gasteiger partial charge in [-0.3, -0.25) is 4.79 Å². The molecule has 0 aliphatic heterocycles. The van der Waals surface area contributed by atoms with Gasteiger partial charge < -0.3 is 16.2 Å². The van der Waals surface area contributed by atoms with Gasteiger partial charge in [0.25, 0.3) is 5.91 Å². The third-order valence-electron chi connectivity index (χ3n) is 3.19. The number of amides is 1. The fourth-order valence-corrected chi connectivity index (χ4v) is 2.34. The van der Waals surface area contributed by atoms with Crippen LogP contribution in [0.1, 0.15) is 36.0 Å². The van der Waals surface area contributed by atoms with Crippen LogP contribution in [0.25, 0.3) is 0 Å². The minimum absolute atomic E-state index is 0.209. The maximum absolute atomic E-state index is 11.3. The Morgan fingerprint density at radius 1 is 1.44 bits per heavy atom. The van der Waals surface area contributed by atoms with Gasteiger partial charge in [-0.25, -0.2) is 4.98 Å². The Kier molecular flexibility index (Phi) is 4.04. The normalized spacial score (nSPS) is 23.7. The molecular weight excluding hydrogens is 254 g/mol. The van der Waals surface area contributed by atoms with Crippen LogP contribution in [0.15, 0.2) is 12.3 Å². The zero-order valence-electron chi connectivity index (χ0n) is 9.90. The number of rotatable bonds is 3. The summed E-state index contributed by atoms with van der Waals surface area (Å²) >= 11 is 5.82. The summed E-state index contributed by atoms with van der Waals surface area (Å²) < 4.78 is 0. The molecule has 5 nitrogen and oxygen atoms in total. The van der Waals surface area contributed by atoms with Gasteiger partial charge in [0.2, 0.25) is 0 Å². The second kappa shape index (κ2) is 5.54. The molecular formula is C12H16ClN3O2. The topological polar surface area (TPSA) is 88.2 Å². The molecule has 6 heteroatoms. The van der Waals surface area contributed by atoms with Crippen LogP contribution in [0.2, 0.25) is 5.15 Å². The molecule has 1 aliphatic carbocycles. The van der Waals surface area contributed by atoms with Gasteiger partial charge in [-0.05, 0) is 31.7 Å². The van der Waals surface area contributed by atoms with Gasteiger partial charge >= 0.3 is 0 Å². The highest BCUT2D eigenvalue weighted by Gasteiger charge is 2.20. The van der Waals surface area contributed by atoms with Gasteiger partial charge in [-0.15, -0.1) is 0 Å². The van der Waals surface area contributed by atoms with Crippen molar-refractivity contribution in [2.24, 2.45) is 5.73 Å². The fraction of sp³-hybridized carbons (Fsp3) is 0.500. The number of carbonyl (C=O) groups is 1. The zero-order chi connectivity index (χ0) is 13.1. The van der Waals surface area contributed by atoms with Crippen LogP contribution in [0.4, 0.5) is 5.69 Å². The number of anilines is 1. The van der Waals surface area contributed by atoms with Crippen molar-refractivity contribution in [3.8, 4) is 0 Å². The molecule has 0 saturated heterocycles. The van der Waals surface area contributed by atoms with Crippen molar-refractivity contribution in [3.63, 3.8) is 0 Å². The predicted octanol–water partition coefficient (Wildman–Crippen LogP) is 1.55. The summed E-state index contributed by atoms with van der Waals surface area (Å²) in [4.78, 5) is 15.1. The van der Waals surface area contributed by atoms with Crippen LogP contribution < -0.4 is 11.1 Å². The summed E-state index contributed by atoms with van der Waals surface area (Å²) in [5.74, 6) is -0.530. The lowest BCUT2D eigenvalue weighted by Gasteiger charge is -2.27. The minimum Gasteiger partial charge on any atom is -0.393 e. The standard InChI is InChI=1S/C12H16ClN3O2/c13-11-5-10(9(6-15-11)12(14)18)16-7-1-3-8(17)4-2-7/h5-8,17H,1-4H2,(H2,14,18)(H,15,16)/t7-,8-. The van der Waals surface area contributed by atoms with Crippen molar-refractivity contribution < 1.29 is 9.90 Å². The van der Waals surface area contributed by atoms with E-state index < -0.39 is 5.91 Å². The summed E-state index contributed by atoms with van der Waals surface area (Å²) in [7, 11) is 0. The van der Waals surface area contributed by atoms with Crippen molar-refractivity contribution in [1.82, 2.24) is 4.98 Å². The van der Waals surface area contributed by atoms with Crippen LogP contribution in [0.5, 0.6) is 0 Å². The van der Waals surface area contributed by atoms with Gasteiger partial charge in [0, 0.05) is 12.2 Å². The number of halogens is 1. The van der Waals surface area contributed by atoms with Crippen LogP contribution in [0.3, 0.4) is 0 Å². The molecule has 1 aromatic rings. The van der Waals surface area contributed by atoms with E-state index in [4.69, 9.17) is 17.3 Å². The van der Waals surface area contributed by atoms with Crippen molar-refractivity contribution in [2.75, 3.05) is 5.32 Å². The van der Waals surface area contributed by atoms with Crippen molar-refractivity contribution >= 4 is 23.2 Å². The third-order valence-corrected chi connectivity index (χ3v) is 3.40. The number of carbonyl (C=O) groups excluding carboxylic acids is 1. The summed E-state index contributed by atoms with van der Waals surface area (Å²) in [6.45, 7) is 0. The van der Waals surface area contributed by atoms with E-state index in [1.807, 2.05) is 0 Å². The highest BCUT2D eigenvalue weighted by atomic mass is 35.5.